The first kappa shape index (κ1) is 17.7. The third kappa shape index (κ3) is 3.99. The first-order chi connectivity index (χ1) is 11.1. The van der Waals surface area contributed by atoms with Crippen LogP contribution in [0.3, 0.4) is 0 Å². The highest BCUT2D eigenvalue weighted by Gasteiger charge is 2.33. The number of aromatic nitrogens is 2. The van der Waals surface area contributed by atoms with E-state index in [4.69, 9.17) is 4.74 Å². The number of rotatable bonds is 4. The highest BCUT2D eigenvalue weighted by Crippen LogP contribution is 2.23. The SMILES string of the molecule is CC(=O)NCC1CN(c2ccc(-c3ccncc3)cn2)C(=O)O1.Cl. The number of nitrogens with one attached hydrogen (secondary N) is 1. The monoisotopic (exact) mass is 348 g/mol. The molecular weight excluding hydrogens is 332 g/mol. The van der Waals surface area contributed by atoms with Crippen LogP contribution in [0, 0.1) is 0 Å². The molecule has 1 saturated heterocycles. The molecule has 0 aliphatic carbocycles. The fourth-order valence-electron chi connectivity index (χ4n) is 2.33. The van der Waals surface area contributed by atoms with Crippen LogP contribution in [0.2, 0.25) is 0 Å². The molecule has 2 aromatic rings. The summed E-state index contributed by atoms with van der Waals surface area (Å²) in [5, 5.41) is 2.64. The maximum atomic E-state index is 11.9. The van der Waals surface area contributed by atoms with E-state index < -0.39 is 6.09 Å². The highest BCUT2D eigenvalue weighted by molar-refractivity contribution is 5.89. The zero-order chi connectivity index (χ0) is 16.2. The second kappa shape index (κ2) is 7.74. The zero-order valence-electron chi connectivity index (χ0n) is 13.0. The third-order valence-corrected chi connectivity index (χ3v) is 3.49. The van der Waals surface area contributed by atoms with Crippen molar-refractivity contribution in [1.82, 2.24) is 15.3 Å². The maximum Gasteiger partial charge on any atom is 0.416 e. The molecule has 0 spiro atoms. The minimum Gasteiger partial charge on any atom is -0.442 e. The van der Waals surface area contributed by atoms with Crippen LogP contribution in [-0.4, -0.2) is 41.2 Å². The van der Waals surface area contributed by atoms with E-state index in [1.807, 2.05) is 18.2 Å². The van der Waals surface area contributed by atoms with Gasteiger partial charge in [0.05, 0.1) is 13.1 Å². The summed E-state index contributed by atoms with van der Waals surface area (Å²) < 4.78 is 5.22. The van der Waals surface area contributed by atoms with E-state index in [1.165, 1.54) is 11.8 Å². The van der Waals surface area contributed by atoms with Gasteiger partial charge >= 0.3 is 6.09 Å². The molecule has 0 radical (unpaired) electrons. The Morgan fingerprint density at radius 2 is 2.04 bits per heavy atom. The van der Waals surface area contributed by atoms with Gasteiger partial charge in [-0.3, -0.25) is 14.7 Å². The first-order valence-corrected chi connectivity index (χ1v) is 7.22. The average molecular weight is 349 g/mol. The molecular formula is C16H17ClN4O3. The topological polar surface area (TPSA) is 84.4 Å². The van der Waals surface area contributed by atoms with Crippen molar-refractivity contribution in [2.75, 3.05) is 18.0 Å². The minimum absolute atomic E-state index is 0. The molecule has 126 valence electrons. The van der Waals surface area contributed by atoms with Gasteiger partial charge in [0.15, 0.2) is 0 Å². The van der Waals surface area contributed by atoms with E-state index >= 15 is 0 Å². The van der Waals surface area contributed by atoms with Gasteiger partial charge in [-0.05, 0) is 29.8 Å². The molecule has 2 amide bonds. The number of halogens is 1. The number of cyclic esters (lactones) is 1. The van der Waals surface area contributed by atoms with Gasteiger partial charge < -0.3 is 10.1 Å². The molecule has 0 saturated carbocycles. The third-order valence-electron chi connectivity index (χ3n) is 3.49. The van der Waals surface area contributed by atoms with Crippen molar-refractivity contribution in [2.45, 2.75) is 13.0 Å². The molecule has 0 aromatic carbocycles. The average Bonchev–Trinajstić information content (AvgIpc) is 2.95. The van der Waals surface area contributed by atoms with E-state index in [-0.39, 0.29) is 24.4 Å². The lowest BCUT2D eigenvalue weighted by atomic mass is 10.1. The van der Waals surface area contributed by atoms with Gasteiger partial charge in [-0.2, -0.15) is 0 Å². The van der Waals surface area contributed by atoms with Crippen molar-refractivity contribution in [1.29, 1.82) is 0 Å². The van der Waals surface area contributed by atoms with Crippen molar-refractivity contribution < 1.29 is 14.3 Å². The van der Waals surface area contributed by atoms with Crippen molar-refractivity contribution in [3.05, 3.63) is 42.9 Å². The summed E-state index contributed by atoms with van der Waals surface area (Å²) in [6.07, 6.45) is 4.32. The Balaban J connectivity index is 0.00000208. The fourth-order valence-corrected chi connectivity index (χ4v) is 2.33. The summed E-state index contributed by atoms with van der Waals surface area (Å²) in [4.78, 5) is 32.6. The number of pyridine rings is 2. The van der Waals surface area contributed by atoms with E-state index in [0.717, 1.165) is 11.1 Å². The summed E-state index contributed by atoms with van der Waals surface area (Å²) in [5.41, 5.74) is 1.95. The molecule has 1 N–H and O–H groups in total. The van der Waals surface area contributed by atoms with Gasteiger partial charge in [0.1, 0.15) is 11.9 Å². The Morgan fingerprint density at radius 3 is 2.67 bits per heavy atom. The number of nitrogens with zero attached hydrogens (tertiary/aromatic N) is 3. The van der Waals surface area contributed by atoms with Gasteiger partial charge in [0.2, 0.25) is 5.91 Å². The molecule has 3 heterocycles. The molecule has 1 aliphatic rings. The molecule has 1 aliphatic heterocycles. The Hall–Kier alpha value is -2.67. The number of carbonyl (C=O) groups is 2. The van der Waals surface area contributed by atoms with Crippen LogP contribution >= 0.6 is 12.4 Å². The molecule has 7 nitrogen and oxygen atoms in total. The second-order valence-electron chi connectivity index (χ2n) is 5.19. The first-order valence-electron chi connectivity index (χ1n) is 7.22. The summed E-state index contributed by atoms with van der Waals surface area (Å²) in [5.74, 6) is 0.373. The summed E-state index contributed by atoms with van der Waals surface area (Å²) in [6.45, 7) is 2.08. The van der Waals surface area contributed by atoms with E-state index in [9.17, 15) is 9.59 Å². The van der Waals surface area contributed by atoms with E-state index in [1.54, 1.807) is 24.7 Å². The largest absolute Gasteiger partial charge is 0.442 e. The fraction of sp³-hybridized carbons (Fsp3) is 0.250. The van der Waals surface area contributed by atoms with Crippen LogP contribution in [0.1, 0.15) is 6.92 Å². The number of amides is 2. The summed E-state index contributed by atoms with van der Waals surface area (Å²) in [7, 11) is 0. The van der Waals surface area contributed by atoms with Gasteiger partial charge in [0, 0.05) is 31.1 Å². The smallest absolute Gasteiger partial charge is 0.416 e. The standard InChI is InChI=1S/C16H16N4O3.ClH/c1-11(21)18-9-14-10-20(16(22)23-14)15-3-2-13(8-19-15)12-4-6-17-7-5-12;/h2-8,14H,9-10H2,1H3,(H,18,21);1H. The molecule has 1 unspecified atom stereocenters. The predicted molar refractivity (Wildman–Crippen MR) is 91.0 cm³/mol. The summed E-state index contributed by atoms with van der Waals surface area (Å²) >= 11 is 0. The quantitative estimate of drug-likeness (QED) is 0.913. The van der Waals surface area contributed by atoms with Crippen LogP contribution < -0.4 is 10.2 Å². The number of hydrogen-bond donors (Lipinski definition) is 1. The molecule has 3 rings (SSSR count). The molecule has 2 aromatic heterocycles. The molecule has 24 heavy (non-hydrogen) atoms. The van der Waals surface area contributed by atoms with Crippen LogP contribution in [-0.2, 0) is 9.53 Å². The lowest BCUT2D eigenvalue weighted by Gasteiger charge is -2.12. The van der Waals surface area contributed by atoms with Crippen LogP contribution in [0.25, 0.3) is 11.1 Å². The Morgan fingerprint density at radius 1 is 1.29 bits per heavy atom. The Bertz CT molecular complexity index is 709. The number of carbonyl (C=O) groups excluding carboxylic acids is 2. The minimum atomic E-state index is -0.454. The Labute approximate surface area is 145 Å². The van der Waals surface area contributed by atoms with Crippen LogP contribution in [0.5, 0.6) is 0 Å². The van der Waals surface area contributed by atoms with Crippen molar-refractivity contribution >= 4 is 30.2 Å². The molecule has 8 heteroatoms. The zero-order valence-corrected chi connectivity index (χ0v) is 13.8. The number of anilines is 1. The summed E-state index contributed by atoms with van der Waals surface area (Å²) in [6, 6.07) is 7.46. The van der Waals surface area contributed by atoms with Gasteiger partial charge in [-0.1, -0.05) is 0 Å². The number of ether oxygens (including phenoxy) is 1. The highest BCUT2D eigenvalue weighted by atomic mass is 35.5. The molecule has 0 bridgehead atoms. The van der Waals surface area contributed by atoms with Crippen molar-refractivity contribution in [3.63, 3.8) is 0 Å². The van der Waals surface area contributed by atoms with Crippen LogP contribution in [0.15, 0.2) is 42.9 Å². The molecule has 1 atom stereocenters. The Kier molecular flexibility index (Phi) is 5.70. The van der Waals surface area contributed by atoms with Gasteiger partial charge in [-0.15, -0.1) is 12.4 Å². The van der Waals surface area contributed by atoms with Crippen LogP contribution in [0.4, 0.5) is 10.6 Å². The number of hydrogen-bond acceptors (Lipinski definition) is 5. The van der Waals surface area contributed by atoms with Gasteiger partial charge in [0.25, 0.3) is 0 Å². The van der Waals surface area contributed by atoms with Crippen molar-refractivity contribution in [3.8, 4) is 11.1 Å². The lowest BCUT2D eigenvalue weighted by Crippen LogP contribution is -2.33. The lowest BCUT2D eigenvalue weighted by molar-refractivity contribution is -0.119. The predicted octanol–water partition coefficient (Wildman–Crippen LogP) is 2.03. The molecule has 1 fully saturated rings. The normalized spacial score (nSPS) is 16.3. The van der Waals surface area contributed by atoms with Gasteiger partial charge in [-0.25, -0.2) is 9.78 Å². The van der Waals surface area contributed by atoms with Crippen molar-refractivity contribution in [2.24, 2.45) is 0 Å². The van der Waals surface area contributed by atoms with E-state index in [0.29, 0.717) is 18.9 Å². The second-order valence-corrected chi connectivity index (χ2v) is 5.19. The van der Waals surface area contributed by atoms with E-state index in [2.05, 4.69) is 15.3 Å². The maximum absolute atomic E-state index is 11.9.